The maximum Gasteiger partial charge on any atom is 0.0636 e. The summed E-state index contributed by atoms with van der Waals surface area (Å²) in [6.45, 7) is 0. The van der Waals surface area contributed by atoms with Crippen LogP contribution in [0.25, 0.3) is 108 Å². The van der Waals surface area contributed by atoms with E-state index < -0.39 is 216 Å². The first-order chi connectivity index (χ1) is 33.3. The van der Waals surface area contributed by atoms with E-state index in [0.717, 1.165) is 6.07 Å². The Morgan fingerprint density at radius 1 is 0.283 bits per heavy atom. The van der Waals surface area contributed by atoms with Gasteiger partial charge in [-0.15, -0.1) is 0 Å². The van der Waals surface area contributed by atoms with Crippen molar-refractivity contribution in [1.29, 1.82) is 0 Å². The monoisotopic (exact) mass is 603 g/mol. The predicted octanol–water partition coefficient (Wildman–Crippen LogP) is 13.1. The minimum absolute atomic E-state index is 0.239. The molecule has 0 amide bonds. The van der Waals surface area contributed by atoms with Crippen LogP contribution in [0.4, 0.5) is 0 Å². The Kier molecular flexibility index (Phi) is 2.07. The molecule has 0 bridgehead atoms. The lowest BCUT2D eigenvalue weighted by molar-refractivity contribution is 1.68. The molecule has 0 radical (unpaired) electrons. The van der Waals surface area contributed by atoms with Crippen molar-refractivity contribution >= 4 is 86.2 Å². The Balaban J connectivity index is 1.49. The molecule has 11 aromatic rings. The van der Waals surface area contributed by atoms with Crippen molar-refractivity contribution in [1.82, 2.24) is 0 Å². The molecule has 46 heavy (non-hydrogen) atoms. The zero-order chi connectivity index (χ0) is 51.7. The van der Waals surface area contributed by atoms with E-state index in [1.807, 2.05) is 0 Å². The first kappa shape index (κ1) is 10.8. The highest BCUT2D eigenvalue weighted by atomic mass is 14.2. The van der Waals surface area contributed by atoms with Gasteiger partial charge in [0, 0.05) is 0 Å². The van der Waals surface area contributed by atoms with Crippen molar-refractivity contribution in [3.63, 3.8) is 0 Å². The van der Waals surface area contributed by atoms with Crippen molar-refractivity contribution in [2.24, 2.45) is 0 Å². The molecule has 0 heterocycles. The zero-order valence-corrected chi connectivity index (χ0v) is 23.1. The van der Waals surface area contributed by atoms with Crippen LogP contribution in [0.3, 0.4) is 0 Å². The SMILES string of the molecule is [2H]c1c([2H])c([2H])c2c(c1[2H])c([2H])c([2H])c1c(-c3c([2H])c([2H])c4c([2H])c([2H])c5c([2H])c([2H])c([2H])c6c([2H])c([2H])c3c4c56)cc(-c3c([2H])c([2H])c4c([2H])c([2H])c5c([2H])c([2H])c([2H])c6c([2H])c([2H])c3c4c56)c([2H])c12. The van der Waals surface area contributed by atoms with E-state index in [0.29, 0.717) is 0 Å². The molecule has 0 aliphatic rings. The Hall–Kier alpha value is -5.98. The van der Waals surface area contributed by atoms with E-state index in [-0.39, 0.29) is 43.1 Å². The third-order valence-corrected chi connectivity index (χ3v) is 8.48. The van der Waals surface area contributed by atoms with Gasteiger partial charge >= 0.3 is 0 Å². The molecule has 0 N–H and O–H groups in total. The van der Waals surface area contributed by atoms with Gasteiger partial charge in [-0.25, -0.2) is 0 Å². The van der Waals surface area contributed by atoms with Gasteiger partial charge in [0.25, 0.3) is 0 Å². The number of benzene rings is 11. The quantitative estimate of drug-likeness (QED) is 0.172. The van der Waals surface area contributed by atoms with E-state index in [4.69, 9.17) is 17.8 Å². The van der Waals surface area contributed by atoms with Gasteiger partial charge in [0.2, 0.25) is 0 Å². The lowest BCUT2D eigenvalue weighted by Gasteiger charge is -2.19. The number of rotatable bonds is 2. The van der Waals surface area contributed by atoms with Crippen molar-refractivity contribution in [2.45, 2.75) is 0 Å². The standard InChI is InChI=1S/C46H26/c1-2-10-35-27(5-1)15-21-38-41(35)25-34(36-20-16-32-13-11-28-6-3-8-30-18-23-39(36)45(32)43(28)30)26-42(38)37-22-17-33-14-12-29-7-4-9-31-19-24-40(37)46(33)44(29)31/h1-26H/i1D,2D,3D,4D,5D,6D,7D,8D,9D,10D,11D,12D,13D,14D,15D,16D,17D,18D,19D,20D,21D,22D,23D,24D,25D. The Morgan fingerprint density at radius 3 is 1.39 bits per heavy atom. The van der Waals surface area contributed by atoms with E-state index in [1.165, 1.54) is 0 Å². The molecule has 0 nitrogen and oxygen atoms in total. The van der Waals surface area contributed by atoms with Crippen LogP contribution in [0.2, 0.25) is 0 Å². The van der Waals surface area contributed by atoms with E-state index in [9.17, 15) is 16.4 Å². The van der Waals surface area contributed by atoms with Crippen molar-refractivity contribution in [3.05, 3.63) is 157 Å². The smallest absolute Gasteiger partial charge is 0.0616 e. The Morgan fingerprint density at radius 2 is 0.739 bits per heavy atom. The van der Waals surface area contributed by atoms with Gasteiger partial charge in [-0.1, -0.05) is 145 Å². The maximum atomic E-state index is 10.0. The molecule has 210 valence electrons. The van der Waals surface area contributed by atoms with Gasteiger partial charge in [0.1, 0.15) is 0 Å². The summed E-state index contributed by atoms with van der Waals surface area (Å²) in [5.41, 5.74) is -2.02. The van der Waals surface area contributed by atoms with Crippen LogP contribution in [-0.4, -0.2) is 0 Å². The number of hydrogen-bond donors (Lipinski definition) is 0. The zero-order valence-electron chi connectivity index (χ0n) is 48.1. The molecule has 0 aromatic heterocycles. The molecule has 0 saturated heterocycles. The van der Waals surface area contributed by atoms with Crippen LogP contribution < -0.4 is 0 Å². The topological polar surface area (TPSA) is 0 Å². The van der Waals surface area contributed by atoms with Crippen LogP contribution >= 0.6 is 0 Å². The first-order valence-electron chi connectivity index (χ1n) is 26.6. The third kappa shape index (κ3) is 3.18. The molecule has 11 aromatic carbocycles. The summed E-state index contributed by atoms with van der Waals surface area (Å²) in [5, 5.41) is -6.36. The maximum absolute atomic E-state index is 10.0. The minimum Gasteiger partial charge on any atom is -0.0616 e. The lowest BCUT2D eigenvalue weighted by atomic mass is 9.85. The summed E-state index contributed by atoms with van der Waals surface area (Å²) in [4.78, 5) is 0. The summed E-state index contributed by atoms with van der Waals surface area (Å²) in [6, 6.07) is -17.8. The molecular formula is C46H26. The predicted molar refractivity (Wildman–Crippen MR) is 200 cm³/mol. The molecule has 0 saturated carbocycles. The minimum atomic E-state index is -0.845. The summed E-state index contributed by atoms with van der Waals surface area (Å²) in [5.74, 6) is 0. The van der Waals surface area contributed by atoms with Crippen molar-refractivity contribution in [2.75, 3.05) is 0 Å². The van der Waals surface area contributed by atoms with Crippen LogP contribution in [0.15, 0.2) is 157 Å². The molecule has 0 aliphatic carbocycles. The number of hydrogen-bond acceptors (Lipinski definition) is 0. The average molecular weight is 604 g/mol. The molecule has 0 atom stereocenters. The fourth-order valence-corrected chi connectivity index (χ4v) is 6.48. The van der Waals surface area contributed by atoms with E-state index >= 15 is 0 Å². The van der Waals surface area contributed by atoms with Crippen molar-refractivity contribution < 1.29 is 34.3 Å². The second kappa shape index (κ2) is 8.81. The molecule has 0 spiro atoms. The van der Waals surface area contributed by atoms with E-state index in [2.05, 4.69) is 0 Å². The average Bonchev–Trinajstić information content (AvgIpc) is 3.33. The van der Waals surface area contributed by atoms with Gasteiger partial charge in [-0.3, -0.25) is 0 Å². The highest BCUT2D eigenvalue weighted by molar-refractivity contribution is 6.28. The summed E-state index contributed by atoms with van der Waals surface area (Å²) >= 11 is 0. The van der Waals surface area contributed by atoms with Gasteiger partial charge in [0.15, 0.2) is 0 Å². The van der Waals surface area contributed by atoms with Crippen LogP contribution in [0.5, 0.6) is 0 Å². The highest BCUT2D eigenvalue weighted by Crippen LogP contribution is 2.45. The lowest BCUT2D eigenvalue weighted by Crippen LogP contribution is -1.91. The third-order valence-electron chi connectivity index (χ3n) is 8.48. The summed E-state index contributed by atoms with van der Waals surface area (Å²) < 4.78 is 228. The van der Waals surface area contributed by atoms with Gasteiger partial charge in [-0.05, 0) is 121 Å². The van der Waals surface area contributed by atoms with E-state index in [1.54, 1.807) is 0 Å². The van der Waals surface area contributed by atoms with Crippen LogP contribution in [0, 0.1) is 0 Å². The van der Waals surface area contributed by atoms with Gasteiger partial charge in [0.05, 0.1) is 34.3 Å². The second-order valence-corrected chi connectivity index (χ2v) is 10.8. The van der Waals surface area contributed by atoms with Gasteiger partial charge < -0.3 is 0 Å². The molecule has 0 fully saturated rings. The van der Waals surface area contributed by atoms with Crippen molar-refractivity contribution in [3.8, 4) is 22.3 Å². The summed E-state index contributed by atoms with van der Waals surface area (Å²) in [7, 11) is 0. The highest BCUT2D eigenvalue weighted by Gasteiger charge is 2.18. The van der Waals surface area contributed by atoms with Gasteiger partial charge in [-0.2, -0.15) is 0 Å². The van der Waals surface area contributed by atoms with Crippen LogP contribution in [-0.2, 0) is 0 Å². The molecule has 0 heteroatoms. The molecule has 0 unspecified atom stereocenters. The van der Waals surface area contributed by atoms with Crippen LogP contribution in [0.1, 0.15) is 34.3 Å². The fourth-order valence-electron chi connectivity index (χ4n) is 6.48. The normalized spacial score (nSPS) is 20.0. The Labute approximate surface area is 300 Å². The fraction of sp³-hybridized carbons (Fsp3) is 0. The molecule has 0 aliphatic heterocycles. The largest absolute Gasteiger partial charge is 0.0636 e. The first-order valence-corrected chi connectivity index (χ1v) is 14.1. The Bertz CT molecular complexity index is 4390. The number of fused-ring (bicyclic) bond motifs is 3. The second-order valence-electron chi connectivity index (χ2n) is 10.8. The molecule has 11 rings (SSSR count). The summed E-state index contributed by atoms with van der Waals surface area (Å²) in [6.07, 6.45) is 0. The molecular weight excluding hydrogens is 553 g/mol.